The van der Waals surface area contributed by atoms with E-state index < -0.39 is 17.5 Å². The summed E-state index contributed by atoms with van der Waals surface area (Å²) in [5, 5.41) is 21.3. The lowest BCUT2D eigenvalue weighted by molar-refractivity contribution is 0.476. The summed E-state index contributed by atoms with van der Waals surface area (Å²) in [6, 6.07) is 65.9. The van der Waals surface area contributed by atoms with Crippen LogP contribution in [0, 0.1) is 24.4 Å². The van der Waals surface area contributed by atoms with Crippen molar-refractivity contribution in [2.75, 3.05) is 5.73 Å². The molecular formula is C90H56Cl3F3N14O5. The van der Waals surface area contributed by atoms with Gasteiger partial charge in [0.05, 0.1) is 88.0 Å². The highest BCUT2D eigenvalue weighted by Crippen LogP contribution is 2.36. The van der Waals surface area contributed by atoms with E-state index in [2.05, 4.69) is 46.1 Å². The van der Waals surface area contributed by atoms with Crippen molar-refractivity contribution in [3.63, 3.8) is 0 Å². The molecule has 11 heterocycles. The van der Waals surface area contributed by atoms with E-state index >= 15 is 0 Å². The number of aromatic hydroxyl groups is 1. The third-order valence-corrected chi connectivity index (χ3v) is 20.4. The third kappa shape index (κ3) is 14.2. The van der Waals surface area contributed by atoms with Crippen molar-refractivity contribution < 1.29 is 18.3 Å². The Morgan fingerprint density at radius 3 is 1.13 bits per heavy atom. The van der Waals surface area contributed by atoms with E-state index in [0.29, 0.717) is 39.1 Å². The van der Waals surface area contributed by atoms with Gasteiger partial charge in [-0.1, -0.05) is 83.3 Å². The number of hydrogen-bond donors (Lipinski definition) is 2. The lowest BCUT2D eigenvalue weighted by Gasteiger charge is -2.14. The van der Waals surface area contributed by atoms with Gasteiger partial charge in [-0.25, -0.2) is 23.1 Å². The number of hydrogen-bond acceptors (Lipinski definition) is 14. The smallest absolute Gasteiger partial charge is 0.255 e. The first kappa shape index (κ1) is 73.2. The molecule has 20 aromatic rings. The molecule has 3 N–H and O–H groups in total. The number of nitrogens with zero attached hydrogens (tertiary/aromatic N) is 13. The molecule has 115 heavy (non-hydrogen) atoms. The van der Waals surface area contributed by atoms with Crippen molar-refractivity contribution in [3.05, 3.63) is 366 Å². The average molecular weight is 1580 g/mol. The Balaban J connectivity index is 0.000000111. The molecule has 25 heteroatoms. The molecule has 0 aliphatic carbocycles. The second kappa shape index (κ2) is 30.3. The predicted molar refractivity (Wildman–Crippen MR) is 449 cm³/mol. The number of anilines is 1. The summed E-state index contributed by atoms with van der Waals surface area (Å²) in [6.07, 6.45) is 15.7. The van der Waals surface area contributed by atoms with Crippen LogP contribution in [0.2, 0.25) is 15.1 Å². The van der Waals surface area contributed by atoms with Crippen LogP contribution >= 0.6 is 34.8 Å². The van der Waals surface area contributed by atoms with Gasteiger partial charge in [0.2, 0.25) is 5.95 Å². The summed E-state index contributed by atoms with van der Waals surface area (Å²) in [5.74, 6) is -1.28. The van der Waals surface area contributed by atoms with Crippen LogP contribution < -0.4 is 28.0 Å². The number of fused-ring (bicyclic) bond motifs is 13. The largest absolute Gasteiger partial charge is 0.508 e. The van der Waals surface area contributed by atoms with Gasteiger partial charge in [-0.15, -0.1) is 0 Å². The number of para-hydroxylation sites is 1. The van der Waals surface area contributed by atoms with E-state index in [1.165, 1.54) is 69.8 Å². The minimum atomic E-state index is -0.550. The first-order valence-corrected chi connectivity index (χ1v) is 36.7. The van der Waals surface area contributed by atoms with Crippen molar-refractivity contribution in [3.8, 4) is 61.9 Å². The van der Waals surface area contributed by atoms with E-state index in [1.807, 2.05) is 129 Å². The lowest BCUT2D eigenvalue weighted by Crippen LogP contribution is -2.17. The molecule has 0 atom stereocenters. The van der Waals surface area contributed by atoms with Gasteiger partial charge >= 0.3 is 0 Å². The second-order valence-corrected chi connectivity index (χ2v) is 28.2. The van der Waals surface area contributed by atoms with E-state index in [0.717, 1.165) is 121 Å². The topological polar surface area (TPSA) is 242 Å². The Labute approximate surface area is 663 Å². The number of phenols is 1. The number of pyridine rings is 9. The third-order valence-electron chi connectivity index (χ3n) is 19.6. The summed E-state index contributed by atoms with van der Waals surface area (Å²) in [4.78, 5) is 81.8. The molecule has 20 rings (SSSR count). The molecule has 0 aliphatic heterocycles. The summed E-state index contributed by atoms with van der Waals surface area (Å²) >= 11 is 18.0. The van der Waals surface area contributed by atoms with Crippen molar-refractivity contribution >= 4 is 139 Å². The summed E-state index contributed by atoms with van der Waals surface area (Å²) in [5.41, 5.74) is 20.1. The van der Waals surface area contributed by atoms with Gasteiger partial charge in [0.15, 0.2) is 0 Å². The maximum atomic E-state index is 13.8. The first-order valence-electron chi connectivity index (χ1n) is 35.6. The lowest BCUT2D eigenvalue weighted by atomic mass is 10.0. The first-order chi connectivity index (χ1) is 55.7. The number of halogens is 6. The molecule has 0 bridgehead atoms. The van der Waals surface area contributed by atoms with Gasteiger partial charge in [-0.05, 0) is 187 Å². The standard InChI is InChI=1S/C27H15ClFN3O.C22H13ClFN5O.C22H14ClFN4O.C19H14N2O2/c28-22-13-20(7-8-23(22)29)32-26(33)10-6-18-14-31-25-9-5-16(12-21(25)27(18)32)19-11-17-3-1-2-4-24(17)30-15-19;23-17-8-15(3-4-18(17)24)29-20(30)6-2-13-9-26-19-5-1-12(7-16(19)21(13)29)14-10-27-22(25)28-11-14;1-27-12-15(11-26-27)13-2-6-20-17(8-13)22-14(10-25-20)3-7-21(29)28(22)16-4-5-19(24)18(23)9-16;1-12-3-2-4-14(9-12)21-18(23)8-5-13-11-20-17-7-6-15(22)10-16(17)19(13)21/h1-15H;1-11H,(H2,25,27,28);2-12H,1H3;2-11,22H,1H3. The van der Waals surface area contributed by atoms with Crippen molar-refractivity contribution in [2.45, 2.75) is 6.92 Å². The highest BCUT2D eigenvalue weighted by molar-refractivity contribution is 6.31. The van der Waals surface area contributed by atoms with Crippen molar-refractivity contribution in [2.24, 2.45) is 7.05 Å². The zero-order valence-electron chi connectivity index (χ0n) is 60.4. The van der Waals surface area contributed by atoms with Crippen LogP contribution in [0.5, 0.6) is 5.75 Å². The van der Waals surface area contributed by atoms with Crippen LogP contribution in [-0.4, -0.2) is 68.0 Å². The molecule has 558 valence electrons. The average Bonchev–Trinajstić information content (AvgIpc) is 1.09. The monoisotopic (exact) mass is 1570 g/mol. The van der Waals surface area contributed by atoms with Crippen LogP contribution in [0.25, 0.3) is 154 Å². The minimum absolute atomic E-state index is 0.0409. The second-order valence-electron chi connectivity index (χ2n) is 27.0. The van der Waals surface area contributed by atoms with Gasteiger partial charge in [0.1, 0.15) is 23.2 Å². The number of rotatable bonds is 7. The molecule has 0 fully saturated rings. The van der Waals surface area contributed by atoms with Crippen molar-refractivity contribution in [1.29, 1.82) is 0 Å². The zero-order chi connectivity index (χ0) is 79.4. The highest BCUT2D eigenvalue weighted by Gasteiger charge is 2.19. The van der Waals surface area contributed by atoms with E-state index in [9.17, 15) is 37.5 Å². The molecule has 0 unspecified atom stereocenters. The van der Waals surface area contributed by atoms with Crippen LogP contribution in [0.15, 0.2) is 305 Å². The molecule has 9 aromatic carbocycles. The van der Waals surface area contributed by atoms with Crippen LogP contribution in [0.4, 0.5) is 19.1 Å². The summed E-state index contributed by atoms with van der Waals surface area (Å²) in [7, 11) is 1.86. The minimum Gasteiger partial charge on any atom is -0.508 e. The quantitative estimate of drug-likeness (QED) is 0.141. The fourth-order valence-electron chi connectivity index (χ4n) is 14.1. The summed E-state index contributed by atoms with van der Waals surface area (Å²) < 4.78 is 49.2. The fraction of sp³-hybridized carbons (Fsp3) is 0.0222. The Morgan fingerprint density at radius 2 is 0.713 bits per heavy atom. The van der Waals surface area contributed by atoms with Gasteiger partial charge in [-0.2, -0.15) is 5.10 Å². The van der Waals surface area contributed by atoms with Gasteiger partial charge < -0.3 is 10.8 Å². The number of aryl methyl sites for hydroxylation is 2. The van der Waals surface area contributed by atoms with Gasteiger partial charge in [-0.3, -0.25) is 67.0 Å². The Bertz CT molecular complexity index is 7650. The maximum absolute atomic E-state index is 13.8. The SMILES string of the molecule is Cc1cccc(-n2c(=O)ccc3cnc4ccc(O)cc4c32)c1.Cn1cc(-c2ccc3ncc4ccc(=O)n(-c5ccc(F)c(Cl)c5)c4c3c2)cn1.Nc1ncc(-c2ccc3ncc4ccc(=O)n(-c5ccc(F)c(Cl)c5)c4c3c2)cn1.O=c1ccc2cnc3ccc(-c4cnc5ccccc5c4)cc3c2n1-c1ccc(F)c(Cl)c1. The molecular weight excluding hydrogens is 1520 g/mol. The predicted octanol–water partition coefficient (Wildman–Crippen LogP) is 19.2. The van der Waals surface area contributed by atoms with Crippen LogP contribution in [-0.2, 0) is 7.05 Å². The van der Waals surface area contributed by atoms with Gasteiger partial charge in [0.25, 0.3) is 22.2 Å². The molecule has 0 aliphatic rings. The number of aromatic nitrogens is 13. The van der Waals surface area contributed by atoms with E-state index in [1.54, 1.807) is 118 Å². The molecule has 0 radical (unpaired) electrons. The number of nitrogen functional groups attached to an aromatic ring is 1. The molecule has 19 nitrogen and oxygen atoms in total. The summed E-state index contributed by atoms with van der Waals surface area (Å²) in [6.45, 7) is 1.99. The molecule has 0 spiro atoms. The van der Waals surface area contributed by atoms with Gasteiger partial charge in [0, 0.05) is 152 Å². The normalized spacial score (nSPS) is 11.3. The van der Waals surface area contributed by atoms with E-state index in [4.69, 9.17) is 40.5 Å². The Hall–Kier alpha value is -14.6. The Morgan fingerprint density at radius 1 is 0.330 bits per heavy atom. The van der Waals surface area contributed by atoms with E-state index in [-0.39, 0.29) is 49.0 Å². The van der Waals surface area contributed by atoms with Crippen molar-refractivity contribution in [1.82, 2.24) is 62.9 Å². The number of phenolic OH excluding ortho intramolecular Hbond substituents is 1. The van der Waals surface area contributed by atoms with Crippen LogP contribution in [0.1, 0.15) is 5.56 Å². The van der Waals surface area contributed by atoms with Crippen LogP contribution in [0.3, 0.4) is 0 Å². The number of nitrogens with two attached hydrogens (primary N) is 1. The molecule has 11 aromatic heterocycles. The molecule has 0 amide bonds. The highest BCUT2D eigenvalue weighted by atomic mass is 35.5. The molecule has 0 saturated carbocycles. The maximum Gasteiger partial charge on any atom is 0.255 e. The molecule has 0 saturated heterocycles. The number of benzene rings is 9. The zero-order valence-corrected chi connectivity index (χ0v) is 62.6. The Kier molecular flexibility index (Phi) is 19.3. The fourth-order valence-corrected chi connectivity index (χ4v) is 14.6.